The van der Waals surface area contributed by atoms with E-state index in [0.29, 0.717) is 26.1 Å². The second-order valence-corrected chi connectivity index (χ2v) is 9.94. The van der Waals surface area contributed by atoms with Gasteiger partial charge in [0.25, 0.3) is 0 Å². The average Bonchev–Trinajstić information content (AvgIpc) is 3.28. The molecule has 4 fully saturated rings. The Hall–Kier alpha value is -1.34. The molecule has 6 nitrogen and oxygen atoms in total. The maximum Gasteiger partial charge on any atom is 0.207 e. The van der Waals surface area contributed by atoms with Gasteiger partial charge in [0.05, 0.1) is 31.3 Å². The normalized spacial score (nSPS) is 41.3. The van der Waals surface area contributed by atoms with E-state index in [4.69, 9.17) is 18.9 Å². The maximum atomic E-state index is 12.4. The number of benzene rings is 1. The topological polar surface area (TPSA) is 60.4 Å². The Kier molecular flexibility index (Phi) is 3.27. The van der Waals surface area contributed by atoms with Crippen LogP contribution in [0.5, 0.6) is 11.5 Å². The van der Waals surface area contributed by atoms with Crippen molar-refractivity contribution in [2.24, 2.45) is 5.92 Å². The quantitative estimate of drug-likeness (QED) is 0.839. The summed E-state index contributed by atoms with van der Waals surface area (Å²) in [4.78, 5) is 2.58. The Bertz CT molecular complexity index is 878. The molecule has 29 heavy (non-hydrogen) atoms. The summed E-state index contributed by atoms with van der Waals surface area (Å²) in [6.45, 7) is 3.29. The first-order chi connectivity index (χ1) is 14.1. The highest BCUT2D eigenvalue weighted by molar-refractivity contribution is 5.63. The minimum absolute atomic E-state index is 0.133. The molecule has 3 aliphatic heterocycles. The van der Waals surface area contributed by atoms with Crippen molar-refractivity contribution >= 4 is 0 Å². The molecule has 2 saturated carbocycles. The van der Waals surface area contributed by atoms with E-state index in [-0.39, 0.29) is 12.1 Å². The molecule has 4 atom stereocenters. The summed E-state index contributed by atoms with van der Waals surface area (Å²) in [6.07, 6.45) is 5.46. The largest absolute Gasteiger partial charge is 0.493 e. The predicted octanol–water partition coefficient (Wildman–Crippen LogP) is 2.00. The van der Waals surface area contributed by atoms with Crippen molar-refractivity contribution in [2.75, 3.05) is 33.4 Å². The summed E-state index contributed by atoms with van der Waals surface area (Å²) in [6, 6.07) is 4.35. The molecule has 6 aliphatic rings. The van der Waals surface area contributed by atoms with Gasteiger partial charge in [-0.2, -0.15) is 0 Å². The highest BCUT2D eigenvalue weighted by Crippen LogP contribution is 2.68. The molecule has 3 heterocycles. The van der Waals surface area contributed by atoms with Gasteiger partial charge in [0.1, 0.15) is 0 Å². The monoisotopic (exact) mass is 399 g/mol. The molecule has 156 valence electrons. The Balaban J connectivity index is 1.44. The van der Waals surface area contributed by atoms with E-state index >= 15 is 0 Å². The van der Waals surface area contributed by atoms with Crippen LogP contribution in [0.15, 0.2) is 12.1 Å². The maximum absolute atomic E-state index is 12.4. The van der Waals surface area contributed by atoms with E-state index in [9.17, 15) is 5.11 Å². The van der Waals surface area contributed by atoms with Crippen molar-refractivity contribution in [3.63, 3.8) is 0 Å². The third kappa shape index (κ3) is 1.93. The van der Waals surface area contributed by atoms with Gasteiger partial charge in [-0.25, -0.2) is 0 Å². The molecular formula is C23H29NO5. The zero-order valence-electron chi connectivity index (χ0n) is 17.0. The van der Waals surface area contributed by atoms with Gasteiger partial charge in [-0.15, -0.1) is 0 Å². The lowest BCUT2D eigenvalue weighted by molar-refractivity contribution is -0.296. The molecule has 6 heteroatoms. The third-order valence-electron chi connectivity index (χ3n) is 8.75. The lowest BCUT2D eigenvalue weighted by Gasteiger charge is -2.65. The number of aliphatic hydroxyl groups is 1. The van der Waals surface area contributed by atoms with Crippen LogP contribution in [0.3, 0.4) is 0 Å². The summed E-state index contributed by atoms with van der Waals surface area (Å²) in [5.74, 6) is 1.62. The van der Waals surface area contributed by atoms with Crippen molar-refractivity contribution in [1.82, 2.24) is 4.90 Å². The van der Waals surface area contributed by atoms with Crippen LogP contribution >= 0.6 is 0 Å². The van der Waals surface area contributed by atoms with Gasteiger partial charge in [-0.1, -0.05) is 6.07 Å². The van der Waals surface area contributed by atoms with E-state index in [0.717, 1.165) is 43.3 Å². The van der Waals surface area contributed by atoms with E-state index in [1.807, 2.05) is 6.07 Å². The summed E-state index contributed by atoms with van der Waals surface area (Å²) < 4.78 is 24.8. The Labute approximate surface area is 171 Å². The number of likely N-dealkylation sites (tertiary alicyclic amines) is 1. The lowest BCUT2D eigenvalue weighted by atomic mass is 9.48. The van der Waals surface area contributed by atoms with E-state index in [1.54, 1.807) is 7.11 Å². The number of fused-ring (bicyclic) bond motifs is 1. The first kappa shape index (κ1) is 17.4. The third-order valence-corrected chi connectivity index (χ3v) is 8.75. The Morgan fingerprint density at radius 1 is 1.17 bits per heavy atom. The standard InChI is InChI=1S/C23H29NO5/c1-26-16-5-4-15-12-17-22(25)6-7-23(27-10-11-28-23)20-21(22,18(15)19(16)29-20)8-9-24(17)13-14-2-3-14/h4-5,14,17,20,25H,2-3,6-13H2,1H3/t17-,20+,21-,22+/m0/s1. The molecule has 3 aliphatic carbocycles. The van der Waals surface area contributed by atoms with Gasteiger partial charge in [-0.05, 0) is 56.2 Å². The molecule has 2 saturated heterocycles. The van der Waals surface area contributed by atoms with Crippen LogP contribution < -0.4 is 9.47 Å². The predicted molar refractivity (Wildman–Crippen MR) is 104 cm³/mol. The van der Waals surface area contributed by atoms with Gasteiger partial charge in [0, 0.05) is 24.6 Å². The van der Waals surface area contributed by atoms with Crippen LogP contribution in [0, 0.1) is 5.92 Å². The number of piperidine rings is 1. The molecule has 2 bridgehead atoms. The second-order valence-electron chi connectivity index (χ2n) is 9.94. The van der Waals surface area contributed by atoms with Crippen LogP contribution in [0.1, 0.15) is 43.2 Å². The molecule has 0 unspecified atom stereocenters. The summed E-state index contributed by atoms with van der Waals surface area (Å²) in [5, 5.41) is 12.4. The number of methoxy groups -OCH3 is 1. The molecule has 1 aromatic carbocycles. The smallest absolute Gasteiger partial charge is 0.207 e. The first-order valence-electron chi connectivity index (χ1n) is 11.2. The number of ether oxygens (including phenoxy) is 4. The summed E-state index contributed by atoms with van der Waals surface area (Å²) in [5.41, 5.74) is 1.16. The number of hydrogen-bond acceptors (Lipinski definition) is 6. The van der Waals surface area contributed by atoms with Crippen LogP contribution in [0.4, 0.5) is 0 Å². The first-order valence-corrected chi connectivity index (χ1v) is 11.2. The van der Waals surface area contributed by atoms with Gasteiger partial charge in [-0.3, -0.25) is 4.90 Å². The fourth-order valence-electron chi connectivity index (χ4n) is 7.36. The molecule has 0 amide bonds. The van der Waals surface area contributed by atoms with Crippen LogP contribution in [0.2, 0.25) is 0 Å². The average molecular weight is 399 g/mol. The Morgan fingerprint density at radius 3 is 2.76 bits per heavy atom. The molecule has 1 N–H and O–H groups in total. The van der Waals surface area contributed by atoms with Gasteiger partial charge < -0.3 is 24.1 Å². The van der Waals surface area contributed by atoms with E-state index in [2.05, 4.69) is 11.0 Å². The van der Waals surface area contributed by atoms with E-state index < -0.39 is 16.8 Å². The zero-order chi connectivity index (χ0) is 19.4. The number of nitrogens with zero attached hydrogens (tertiary/aromatic N) is 1. The highest BCUT2D eigenvalue weighted by Gasteiger charge is 2.77. The fraction of sp³-hybridized carbons (Fsp3) is 0.739. The second kappa shape index (κ2) is 5.47. The van der Waals surface area contributed by atoms with Crippen molar-refractivity contribution < 1.29 is 24.1 Å². The Morgan fingerprint density at radius 2 is 2.00 bits per heavy atom. The molecular weight excluding hydrogens is 370 g/mol. The molecule has 7 rings (SSSR count). The fourth-order valence-corrected chi connectivity index (χ4v) is 7.36. The van der Waals surface area contributed by atoms with E-state index in [1.165, 1.54) is 24.0 Å². The molecule has 0 radical (unpaired) electrons. The van der Waals surface area contributed by atoms with Crippen LogP contribution in [-0.4, -0.2) is 67.0 Å². The van der Waals surface area contributed by atoms with Crippen molar-refractivity contribution in [3.8, 4) is 11.5 Å². The minimum atomic E-state index is -0.823. The molecule has 1 aromatic rings. The number of rotatable bonds is 3. The zero-order valence-corrected chi connectivity index (χ0v) is 17.0. The molecule has 0 aromatic heterocycles. The number of hydrogen-bond donors (Lipinski definition) is 1. The van der Waals surface area contributed by atoms with Gasteiger partial charge in [0.2, 0.25) is 5.79 Å². The lowest BCUT2D eigenvalue weighted by Crippen LogP contribution is -2.79. The van der Waals surface area contributed by atoms with Crippen LogP contribution in [-0.2, 0) is 21.3 Å². The van der Waals surface area contributed by atoms with Crippen molar-refractivity contribution in [3.05, 3.63) is 23.3 Å². The van der Waals surface area contributed by atoms with Gasteiger partial charge in [0.15, 0.2) is 17.6 Å². The summed E-state index contributed by atoms with van der Waals surface area (Å²) >= 11 is 0. The molecule has 2 spiro atoms. The van der Waals surface area contributed by atoms with Crippen LogP contribution in [0.25, 0.3) is 0 Å². The minimum Gasteiger partial charge on any atom is -0.493 e. The van der Waals surface area contributed by atoms with Crippen molar-refractivity contribution in [1.29, 1.82) is 0 Å². The highest BCUT2D eigenvalue weighted by atomic mass is 16.8. The SMILES string of the molecule is COc1ccc2c3c1O[C@H]1C4(CC[C@@]5(O)[C@H](C2)N(CC2CC2)CC[C@]315)OCCO4. The van der Waals surface area contributed by atoms with Gasteiger partial charge >= 0.3 is 0 Å². The van der Waals surface area contributed by atoms with Crippen molar-refractivity contribution in [2.45, 2.75) is 67.5 Å². The summed E-state index contributed by atoms with van der Waals surface area (Å²) in [7, 11) is 1.69.